The van der Waals surface area contributed by atoms with E-state index in [0.717, 1.165) is 4.90 Å². The highest BCUT2D eigenvalue weighted by molar-refractivity contribution is 7.81. The number of carboxylic acid groups (broad SMARTS) is 2. The predicted molar refractivity (Wildman–Crippen MR) is 66.5 cm³/mol. The SMILES string of the molecule is CC(C)(C)C1C(S)CN(C(=O)O)C1(C)C(=O)O. The molecule has 0 aromatic carbocycles. The first-order valence-corrected chi connectivity index (χ1v) is 5.96. The van der Waals surface area contributed by atoms with Crippen LogP contribution in [0.1, 0.15) is 27.7 Å². The second-order valence-corrected chi connectivity index (χ2v) is 6.42. The molecule has 0 aromatic heterocycles. The third-order valence-electron chi connectivity index (χ3n) is 3.52. The summed E-state index contributed by atoms with van der Waals surface area (Å²) in [6, 6.07) is 0. The van der Waals surface area contributed by atoms with Gasteiger partial charge >= 0.3 is 12.1 Å². The number of carboxylic acids is 1. The molecular formula is C11H19NO4S. The standard InChI is InChI=1S/C11H19NO4S/c1-10(2,3)7-6(17)5-12(9(15)16)11(7,4)8(13)14/h6-7,17H,5H2,1-4H3,(H,13,14)(H,15,16). The maximum absolute atomic E-state index is 11.5. The van der Waals surface area contributed by atoms with Crippen LogP contribution in [0.25, 0.3) is 0 Å². The third kappa shape index (κ3) is 2.10. The van der Waals surface area contributed by atoms with Crippen molar-refractivity contribution in [3.63, 3.8) is 0 Å². The van der Waals surface area contributed by atoms with Crippen molar-refractivity contribution in [2.75, 3.05) is 6.54 Å². The number of carbonyl (C=O) groups is 2. The highest BCUT2D eigenvalue weighted by atomic mass is 32.1. The number of likely N-dealkylation sites (tertiary alicyclic amines) is 1. The van der Waals surface area contributed by atoms with Crippen LogP contribution in [0.5, 0.6) is 0 Å². The van der Waals surface area contributed by atoms with Crippen molar-refractivity contribution >= 4 is 24.7 Å². The lowest BCUT2D eigenvalue weighted by molar-refractivity contribution is -0.152. The number of thiol groups is 1. The molecule has 1 aliphatic rings. The largest absolute Gasteiger partial charge is 0.479 e. The number of hydrogen-bond donors (Lipinski definition) is 3. The van der Waals surface area contributed by atoms with Crippen LogP contribution >= 0.6 is 12.6 Å². The maximum atomic E-state index is 11.5. The Balaban J connectivity index is 3.30. The zero-order valence-electron chi connectivity index (χ0n) is 10.5. The minimum atomic E-state index is -1.42. The molecule has 1 fully saturated rings. The summed E-state index contributed by atoms with van der Waals surface area (Å²) in [4.78, 5) is 23.7. The second kappa shape index (κ2) is 4.08. The van der Waals surface area contributed by atoms with E-state index in [1.54, 1.807) is 0 Å². The molecule has 5 nitrogen and oxygen atoms in total. The molecule has 3 unspecified atom stereocenters. The molecular weight excluding hydrogens is 242 g/mol. The number of aliphatic carboxylic acids is 1. The van der Waals surface area contributed by atoms with Crippen LogP contribution in [-0.4, -0.2) is 44.5 Å². The van der Waals surface area contributed by atoms with Crippen molar-refractivity contribution in [1.82, 2.24) is 4.90 Å². The summed E-state index contributed by atoms with van der Waals surface area (Å²) in [5.74, 6) is -1.46. The maximum Gasteiger partial charge on any atom is 0.408 e. The van der Waals surface area contributed by atoms with Crippen molar-refractivity contribution in [2.24, 2.45) is 11.3 Å². The van der Waals surface area contributed by atoms with Gasteiger partial charge in [0.1, 0.15) is 5.54 Å². The topological polar surface area (TPSA) is 77.8 Å². The molecule has 1 aliphatic heterocycles. The van der Waals surface area contributed by atoms with Crippen LogP contribution in [0.3, 0.4) is 0 Å². The minimum Gasteiger partial charge on any atom is -0.479 e. The van der Waals surface area contributed by atoms with Crippen LogP contribution < -0.4 is 0 Å². The average molecular weight is 261 g/mol. The Morgan fingerprint density at radius 3 is 2.12 bits per heavy atom. The Labute approximate surface area is 106 Å². The number of rotatable bonds is 1. The Morgan fingerprint density at radius 1 is 1.35 bits per heavy atom. The van der Waals surface area contributed by atoms with Gasteiger partial charge in [-0.05, 0) is 12.3 Å². The Bertz CT molecular complexity index is 352. The quantitative estimate of drug-likeness (QED) is 0.629. The van der Waals surface area contributed by atoms with Gasteiger partial charge in [-0.15, -0.1) is 0 Å². The van der Waals surface area contributed by atoms with Gasteiger partial charge in [0.25, 0.3) is 0 Å². The van der Waals surface area contributed by atoms with Gasteiger partial charge in [-0.25, -0.2) is 9.59 Å². The highest BCUT2D eigenvalue weighted by Crippen LogP contribution is 2.47. The third-order valence-corrected chi connectivity index (χ3v) is 3.98. The lowest BCUT2D eigenvalue weighted by Gasteiger charge is -2.40. The van der Waals surface area contributed by atoms with Gasteiger partial charge in [0.15, 0.2) is 0 Å². The number of amides is 1. The summed E-state index contributed by atoms with van der Waals surface area (Å²) >= 11 is 4.37. The zero-order chi connectivity index (χ0) is 13.6. The van der Waals surface area contributed by atoms with Crippen molar-refractivity contribution in [3.8, 4) is 0 Å². The summed E-state index contributed by atoms with van der Waals surface area (Å²) in [7, 11) is 0. The summed E-state index contributed by atoms with van der Waals surface area (Å²) in [5, 5.41) is 18.3. The summed E-state index contributed by atoms with van der Waals surface area (Å²) in [6.45, 7) is 7.34. The fourth-order valence-electron chi connectivity index (χ4n) is 2.97. The molecule has 17 heavy (non-hydrogen) atoms. The van der Waals surface area contributed by atoms with Gasteiger partial charge in [-0.3, -0.25) is 4.90 Å². The van der Waals surface area contributed by atoms with Crippen LogP contribution in [0.15, 0.2) is 0 Å². The van der Waals surface area contributed by atoms with Crippen LogP contribution in [0, 0.1) is 11.3 Å². The van der Waals surface area contributed by atoms with Crippen molar-refractivity contribution in [1.29, 1.82) is 0 Å². The summed E-state index contributed by atoms with van der Waals surface area (Å²) in [6.07, 6.45) is -1.21. The molecule has 6 heteroatoms. The first-order valence-electron chi connectivity index (χ1n) is 5.45. The van der Waals surface area contributed by atoms with E-state index < -0.39 is 17.6 Å². The molecule has 1 saturated heterocycles. The lowest BCUT2D eigenvalue weighted by atomic mass is 9.69. The monoisotopic (exact) mass is 261 g/mol. The van der Waals surface area contributed by atoms with Crippen molar-refractivity contribution in [2.45, 2.75) is 38.5 Å². The molecule has 1 amide bonds. The van der Waals surface area contributed by atoms with Gasteiger partial charge in [0, 0.05) is 17.7 Å². The molecule has 1 heterocycles. The van der Waals surface area contributed by atoms with Crippen molar-refractivity contribution in [3.05, 3.63) is 0 Å². The minimum absolute atomic E-state index is 0.142. The molecule has 0 bridgehead atoms. The van der Waals surface area contributed by atoms with Gasteiger partial charge in [-0.1, -0.05) is 20.8 Å². The van der Waals surface area contributed by atoms with E-state index in [9.17, 15) is 14.7 Å². The predicted octanol–water partition coefficient (Wildman–Crippen LogP) is 1.78. The van der Waals surface area contributed by atoms with Gasteiger partial charge in [0.05, 0.1) is 0 Å². The average Bonchev–Trinajstić information content (AvgIpc) is 2.37. The van der Waals surface area contributed by atoms with E-state index in [2.05, 4.69) is 12.6 Å². The van der Waals surface area contributed by atoms with Gasteiger partial charge < -0.3 is 10.2 Å². The summed E-state index contributed by atoms with van der Waals surface area (Å²) < 4.78 is 0. The molecule has 0 radical (unpaired) electrons. The molecule has 1 rings (SSSR count). The lowest BCUT2D eigenvalue weighted by Crippen LogP contribution is -2.56. The Morgan fingerprint density at radius 2 is 1.82 bits per heavy atom. The van der Waals surface area contributed by atoms with E-state index >= 15 is 0 Å². The molecule has 2 N–H and O–H groups in total. The molecule has 0 aromatic rings. The molecule has 0 spiro atoms. The van der Waals surface area contributed by atoms with Gasteiger partial charge in [-0.2, -0.15) is 12.6 Å². The van der Waals surface area contributed by atoms with E-state index in [0.29, 0.717) is 0 Å². The van der Waals surface area contributed by atoms with Crippen LogP contribution in [0.2, 0.25) is 0 Å². The fourth-order valence-corrected chi connectivity index (χ4v) is 3.87. The zero-order valence-corrected chi connectivity index (χ0v) is 11.4. The van der Waals surface area contributed by atoms with E-state index in [-0.39, 0.29) is 23.1 Å². The Kier molecular flexibility index (Phi) is 3.40. The molecule has 0 saturated carbocycles. The van der Waals surface area contributed by atoms with Crippen molar-refractivity contribution < 1.29 is 19.8 Å². The Hall–Kier alpha value is -0.910. The van der Waals surface area contributed by atoms with Crippen LogP contribution in [0.4, 0.5) is 4.79 Å². The first kappa shape index (κ1) is 14.2. The summed E-state index contributed by atoms with van der Waals surface area (Å²) in [5.41, 5.74) is -1.75. The van der Waals surface area contributed by atoms with E-state index in [1.807, 2.05) is 20.8 Å². The van der Waals surface area contributed by atoms with Crippen LogP contribution in [-0.2, 0) is 4.79 Å². The molecule has 98 valence electrons. The number of hydrogen-bond acceptors (Lipinski definition) is 3. The highest BCUT2D eigenvalue weighted by Gasteiger charge is 2.60. The smallest absolute Gasteiger partial charge is 0.408 e. The molecule has 0 aliphatic carbocycles. The fraction of sp³-hybridized carbons (Fsp3) is 0.818. The normalized spacial score (nSPS) is 33.8. The second-order valence-electron chi connectivity index (χ2n) is 5.76. The van der Waals surface area contributed by atoms with E-state index in [1.165, 1.54) is 6.92 Å². The first-order chi connectivity index (χ1) is 7.52. The van der Waals surface area contributed by atoms with E-state index in [4.69, 9.17) is 5.11 Å². The molecule has 3 atom stereocenters. The van der Waals surface area contributed by atoms with Gasteiger partial charge in [0.2, 0.25) is 0 Å². The number of nitrogens with zero attached hydrogens (tertiary/aromatic N) is 1.